The number of fused-ring (bicyclic) bond motifs is 2. The van der Waals surface area contributed by atoms with Gasteiger partial charge in [-0.3, -0.25) is 9.59 Å². The molecule has 5 nitrogen and oxygen atoms in total. The monoisotopic (exact) mass is 279 g/mol. The van der Waals surface area contributed by atoms with Gasteiger partial charge >= 0.3 is 5.97 Å². The summed E-state index contributed by atoms with van der Waals surface area (Å²) < 4.78 is 0. The number of carbonyl (C=O) groups excluding carboxylic acids is 1. The van der Waals surface area contributed by atoms with Crippen LogP contribution < -0.4 is 5.32 Å². The molecular weight excluding hydrogens is 258 g/mol. The lowest BCUT2D eigenvalue weighted by atomic mass is 9.82. The number of allylic oxidation sites excluding steroid dienone is 2. The molecule has 3 rings (SSSR count). The lowest BCUT2D eigenvalue weighted by Crippen LogP contribution is -2.46. The van der Waals surface area contributed by atoms with Crippen LogP contribution in [0.2, 0.25) is 0 Å². The Balaban J connectivity index is 1.70. The summed E-state index contributed by atoms with van der Waals surface area (Å²) in [5.74, 6) is -1.84. The van der Waals surface area contributed by atoms with E-state index in [9.17, 15) is 19.8 Å². The summed E-state index contributed by atoms with van der Waals surface area (Å²) in [7, 11) is 0. The maximum Gasteiger partial charge on any atom is 0.307 e. The van der Waals surface area contributed by atoms with Crippen LogP contribution in [0.15, 0.2) is 12.2 Å². The minimum absolute atomic E-state index is 0.00468. The van der Waals surface area contributed by atoms with Gasteiger partial charge in [0, 0.05) is 18.6 Å². The van der Waals surface area contributed by atoms with E-state index in [2.05, 4.69) is 5.32 Å². The summed E-state index contributed by atoms with van der Waals surface area (Å²) >= 11 is 0. The van der Waals surface area contributed by atoms with Crippen molar-refractivity contribution in [2.45, 2.75) is 31.7 Å². The van der Waals surface area contributed by atoms with Crippen LogP contribution in [0.5, 0.6) is 0 Å². The molecule has 3 N–H and O–H groups in total. The van der Waals surface area contributed by atoms with E-state index in [1.807, 2.05) is 12.2 Å². The van der Waals surface area contributed by atoms with Crippen molar-refractivity contribution in [1.29, 1.82) is 0 Å². The number of carbonyl (C=O) groups is 2. The van der Waals surface area contributed by atoms with Crippen LogP contribution in [0.1, 0.15) is 25.7 Å². The van der Waals surface area contributed by atoms with E-state index < -0.39 is 17.8 Å². The summed E-state index contributed by atoms with van der Waals surface area (Å²) in [6.45, 7) is 0.0872. The zero-order valence-corrected chi connectivity index (χ0v) is 11.4. The quantitative estimate of drug-likeness (QED) is 0.664. The number of hydrogen-bond donors (Lipinski definition) is 3. The van der Waals surface area contributed by atoms with Crippen molar-refractivity contribution in [2.75, 3.05) is 6.61 Å². The average Bonchev–Trinajstić information content (AvgIpc) is 3.12. The second-order valence-electron chi connectivity index (χ2n) is 6.33. The normalized spacial score (nSPS) is 42.0. The minimum atomic E-state index is -0.868. The zero-order chi connectivity index (χ0) is 14.3. The number of carboxylic acid groups (broad SMARTS) is 1. The molecular formula is C15H21NO4. The Morgan fingerprint density at radius 1 is 1.15 bits per heavy atom. The maximum atomic E-state index is 12.5. The molecule has 0 saturated heterocycles. The molecule has 4 unspecified atom stereocenters. The molecule has 0 aromatic heterocycles. The van der Waals surface area contributed by atoms with Gasteiger partial charge in [-0.1, -0.05) is 18.6 Å². The van der Waals surface area contributed by atoms with E-state index in [0.717, 1.165) is 25.7 Å². The van der Waals surface area contributed by atoms with Crippen molar-refractivity contribution >= 4 is 11.9 Å². The molecule has 2 saturated carbocycles. The van der Waals surface area contributed by atoms with Gasteiger partial charge < -0.3 is 15.5 Å². The fraction of sp³-hybridized carbons (Fsp3) is 0.733. The molecule has 2 bridgehead atoms. The van der Waals surface area contributed by atoms with Gasteiger partial charge in [0.25, 0.3) is 0 Å². The predicted octanol–water partition coefficient (Wildman–Crippen LogP) is 0.786. The van der Waals surface area contributed by atoms with Crippen LogP contribution in [0.3, 0.4) is 0 Å². The minimum Gasteiger partial charge on any atom is -0.481 e. The number of aliphatic hydroxyl groups excluding tert-OH is 1. The number of hydrogen-bond acceptors (Lipinski definition) is 3. The van der Waals surface area contributed by atoms with Crippen LogP contribution in [-0.2, 0) is 9.59 Å². The van der Waals surface area contributed by atoms with E-state index in [0.29, 0.717) is 0 Å². The van der Waals surface area contributed by atoms with E-state index in [1.54, 1.807) is 0 Å². The van der Waals surface area contributed by atoms with E-state index >= 15 is 0 Å². The van der Waals surface area contributed by atoms with Crippen molar-refractivity contribution in [3.8, 4) is 0 Å². The molecule has 0 radical (unpaired) electrons. The summed E-state index contributed by atoms with van der Waals surface area (Å²) in [4.78, 5) is 23.9. The second kappa shape index (κ2) is 5.20. The maximum absolute atomic E-state index is 12.5. The second-order valence-corrected chi connectivity index (χ2v) is 6.33. The molecule has 3 aliphatic carbocycles. The Morgan fingerprint density at radius 3 is 2.50 bits per heavy atom. The highest BCUT2D eigenvalue weighted by Gasteiger charge is 2.52. The number of amides is 1. The van der Waals surface area contributed by atoms with E-state index in [4.69, 9.17) is 0 Å². The molecule has 3 aliphatic rings. The van der Waals surface area contributed by atoms with Gasteiger partial charge in [-0.25, -0.2) is 0 Å². The highest BCUT2D eigenvalue weighted by atomic mass is 16.4. The van der Waals surface area contributed by atoms with E-state index in [-0.39, 0.29) is 36.3 Å². The summed E-state index contributed by atoms with van der Waals surface area (Å²) in [5.41, 5.74) is 0. The highest BCUT2D eigenvalue weighted by molar-refractivity contribution is 5.87. The van der Waals surface area contributed by atoms with Crippen molar-refractivity contribution in [1.82, 2.24) is 5.32 Å². The Kier molecular flexibility index (Phi) is 3.54. The third-order valence-electron chi connectivity index (χ3n) is 5.27. The molecule has 6 atom stereocenters. The van der Waals surface area contributed by atoms with Crippen molar-refractivity contribution < 1.29 is 19.8 Å². The van der Waals surface area contributed by atoms with Gasteiger partial charge in [0.05, 0.1) is 11.8 Å². The topological polar surface area (TPSA) is 86.6 Å². The smallest absolute Gasteiger partial charge is 0.307 e. The molecule has 20 heavy (non-hydrogen) atoms. The Hall–Kier alpha value is -1.36. The number of rotatable bonds is 4. The van der Waals surface area contributed by atoms with Gasteiger partial charge in [-0.05, 0) is 31.1 Å². The van der Waals surface area contributed by atoms with Crippen molar-refractivity contribution in [2.24, 2.45) is 29.6 Å². The largest absolute Gasteiger partial charge is 0.481 e. The molecule has 0 heterocycles. The average molecular weight is 279 g/mol. The van der Waals surface area contributed by atoms with Gasteiger partial charge in [0.1, 0.15) is 0 Å². The van der Waals surface area contributed by atoms with Crippen LogP contribution >= 0.6 is 0 Å². The van der Waals surface area contributed by atoms with Crippen LogP contribution in [-0.4, -0.2) is 34.7 Å². The summed E-state index contributed by atoms with van der Waals surface area (Å²) in [5, 5.41) is 21.7. The van der Waals surface area contributed by atoms with E-state index in [1.165, 1.54) is 0 Å². The lowest BCUT2D eigenvalue weighted by molar-refractivity contribution is -0.148. The molecule has 1 amide bonds. The van der Waals surface area contributed by atoms with Crippen molar-refractivity contribution in [3.63, 3.8) is 0 Å². The third kappa shape index (κ3) is 2.14. The molecule has 0 spiro atoms. The van der Waals surface area contributed by atoms with Gasteiger partial charge in [-0.2, -0.15) is 0 Å². The zero-order valence-electron chi connectivity index (χ0n) is 11.4. The predicted molar refractivity (Wildman–Crippen MR) is 71.7 cm³/mol. The third-order valence-corrected chi connectivity index (χ3v) is 5.27. The SMILES string of the molecule is O=C(O)[C@@H]1C2C=CC(C2)[C@@H]1C(=O)NC1CCCC1CO. The molecule has 110 valence electrons. The first-order valence-corrected chi connectivity index (χ1v) is 7.44. The molecule has 0 aromatic carbocycles. The number of nitrogens with one attached hydrogen (secondary N) is 1. The Bertz CT molecular complexity index is 447. The van der Waals surface area contributed by atoms with Gasteiger partial charge in [0.2, 0.25) is 5.91 Å². The molecule has 0 aliphatic heterocycles. The van der Waals surface area contributed by atoms with Crippen molar-refractivity contribution in [3.05, 3.63) is 12.2 Å². The lowest BCUT2D eigenvalue weighted by Gasteiger charge is -2.27. The number of aliphatic carboxylic acids is 1. The van der Waals surface area contributed by atoms with Crippen LogP contribution in [0, 0.1) is 29.6 Å². The molecule has 0 aromatic rings. The number of carboxylic acids is 1. The number of aliphatic hydroxyl groups is 1. The summed E-state index contributed by atoms with van der Waals surface area (Å²) in [6, 6.07) is 0.00468. The first-order valence-electron chi connectivity index (χ1n) is 7.44. The Morgan fingerprint density at radius 2 is 1.85 bits per heavy atom. The fourth-order valence-electron chi connectivity index (χ4n) is 4.24. The molecule has 2 fully saturated rings. The fourth-order valence-corrected chi connectivity index (χ4v) is 4.24. The summed E-state index contributed by atoms with van der Waals surface area (Å²) in [6.07, 6.45) is 7.54. The van der Waals surface area contributed by atoms with Crippen LogP contribution in [0.25, 0.3) is 0 Å². The highest BCUT2D eigenvalue weighted by Crippen LogP contribution is 2.48. The van der Waals surface area contributed by atoms with Gasteiger partial charge in [0.15, 0.2) is 0 Å². The van der Waals surface area contributed by atoms with Gasteiger partial charge in [-0.15, -0.1) is 0 Å². The first-order chi connectivity index (χ1) is 9.61. The first kappa shape index (κ1) is 13.6. The standard InChI is InChI=1S/C15H21NO4/c17-7-10-2-1-3-11(10)16-14(18)12-8-4-5-9(6-8)13(12)15(19)20/h4-5,8-13,17H,1-3,6-7H2,(H,16,18)(H,19,20)/t8?,9?,10?,11?,12-,13+/m0/s1. The molecule has 5 heteroatoms. The van der Waals surface area contributed by atoms with Crippen LogP contribution in [0.4, 0.5) is 0 Å². The Labute approximate surface area is 118 Å².